The number of aromatic nitrogens is 4. The second kappa shape index (κ2) is 4.51. The summed E-state index contributed by atoms with van der Waals surface area (Å²) in [6, 6.07) is 9.28. The second-order valence-corrected chi connectivity index (χ2v) is 4.03. The van der Waals surface area contributed by atoms with E-state index < -0.39 is 0 Å². The van der Waals surface area contributed by atoms with Crippen LogP contribution in [-0.2, 0) is 0 Å². The van der Waals surface area contributed by atoms with Crippen LogP contribution < -0.4 is 10.5 Å². The van der Waals surface area contributed by atoms with E-state index in [1.54, 1.807) is 19.2 Å². The standard InChI is InChI=1S/C13H10N6O/c1-20-9-4-2-8(3-5-9)11-10(6-14)12(15)19-13(18-11)16-7-17-19/h2-5,7H,15H2,1H3. The number of rotatable bonds is 2. The van der Waals surface area contributed by atoms with Gasteiger partial charge in [-0.15, -0.1) is 0 Å². The van der Waals surface area contributed by atoms with Crippen LogP contribution in [0.4, 0.5) is 5.82 Å². The van der Waals surface area contributed by atoms with Crippen molar-refractivity contribution in [2.45, 2.75) is 0 Å². The Bertz CT molecular complexity index is 815. The van der Waals surface area contributed by atoms with Crippen molar-refractivity contribution in [2.75, 3.05) is 12.8 Å². The monoisotopic (exact) mass is 266 g/mol. The van der Waals surface area contributed by atoms with Gasteiger partial charge in [-0.2, -0.15) is 19.9 Å². The van der Waals surface area contributed by atoms with E-state index in [-0.39, 0.29) is 11.4 Å². The predicted octanol–water partition coefficient (Wildman–Crippen LogP) is 1.25. The highest BCUT2D eigenvalue weighted by Crippen LogP contribution is 2.27. The average Bonchev–Trinajstić information content (AvgIpc) is 2.96. The van der Waals surface area contributed by atoms with Crippen LogP contribution in [0.1, 0.15) is 5.56 Å². The van der Waals surface area contributed by atoms with Crippen molar-refractivity contribution in [1.82, 2.24) is 19.6 Å². The fraction of sp³-hybridized carbons (Fsp3) is 0.0769. The number of nitriles is 1. The summed E-state index contributed by atoms with van der Waals surface area (Å²) in [5, 5.41) is 13.2. The van der Waals surface area contributed by atoms with Gasteiger partial charge in [-0.3, -0.25) is 0 Å². The first-order valence-corrected chi connectivity index (χ1v) is 5.78. The first-order chi connectivity index (χ1) is 9.74. The Morgan fingerprint density at radius 3 is 2.70 bits per heavy atom. The third kappa shape index (κ3) is 1.71. The van der Waals surface area contributed by atoms with E-state index in [2.05, 4.69) is 21.1 Å². The van der Waals surface area contributed by atoms with Crippen molar-refractivity contribution >= 4 is 11.6 Å². The third-order valence-electron chi connectivity index (χ3n) is 2.94. The van der Waals surface area contributed by atoms with Gasteiger partial charge in [-0.25, -0.2) is 4.98 Å². The lowest BCUT2D eigenvalue weighted by atomic mass is 10.1. The molecule has 0 spiro atoms. The molecule has 0 aliphatic carbocycles. The molecule has 0 saturated carbocycles. The molecule has 7 heteroatoms. The molecule has 3 aromatic rings. The van der Waals surface area contributed by atoms with E-state index in [1.807, 2.05) is 12.1 Å². The number of fused-ring (bicyclic) bond motifs is 1. The lowest BCUT2D eigenvalue weighted by Gasteiger charge is -2.07. The van der Waals surface area contributed by atoms with Crippen LogP contribution in [0, 0.1) is 11.3 Å². The molecule has 0 aliphatic rings. The molecule has 0 atom stereocenters. The van der Waals surface area contributed by atoms with Gasteiger partial charge < -0.3 is 10.5 Å². The number of benzene rings is 1. The Hall–Kier alpha value is -3.14. The first-order valence-electron chi connectivity index (χ1n) is 5.78. The number of nitrogens with two attached hydrogens (primary N) is 1. The quantitative estimate of drug-likeness (QED) is 0.749. The van der Waals surface area contributed by atoms with Crippen molar-refractivity contribution in [3.63, 3.8) is 0 Å². The van der Waals surface area contributed by atoms with Gasteiger partial charge in [0, 0.05) is 5.56 Å². The predicted molar refractivity (Wildman–Crippen MR) is 71.9 cm³/mol. The van der Waals surface area contributed by atoms with Gasteiger partial charge in [-0.1, -0.05) is 0 Å². The zero-order chi connectivity index (χ0) is 14.1. The summed E-state index contributed by atoms with van der Waals surface area (Å²) in [4.78, 5) is 8.34. The summed E-state index contributed by atoms with van der Waals surface area (Å²) in [6.45, 7) is 0. The maximum atomic E-state index is 9.30. The summed E-state index contributed by atoms with van der Waals surface area (Å²) in [5.41, 5.74) is 7.46. The SMILES string of the molecule is COc1ccc(-c2nc3ncnn3c(N)c2C#N)cc1. The van der Waals surface area contributed by atoms with Crippen LogP contribution in [0.5, 0.6) is 5.75 Å². The maximum Gasteiger partial charge on any atom is 0.254 e. The minimum atomic E-state index is 0.223. The van der Waals surface area contributed by atoms with E-state index in [4.69, 9.17) is 10.5 Å². The van der Waals surface area contributed by atoms with Crippen LogP contribution in [0.3, 0.4) is 0 Å². The fourth-order valence-corrected chi connectivity index (χ4v) is 1.93. The number of ether oxygens (including phenoxy) is 1. The van der Waals surface area contributed by atoms with E-state index in [0.717, 1.165) is 11.3 Å². The molecular formula is C13H10N6O. The van der Waals surface area contributed by atoms with Crippen molar-refractivity contribution in [3.05, 3.63) is 36.2 Å². The van der Waals surface area contributed by atoms with Crippen molar-refractivity contribution in [3.8, 4) is 23.1 Å². The Kier molecular flexibility index (Phi) is 2.69. The van der Waals surface area contributed by atoms with Gasteiger partial charge in [0.1, 0.15) is 29.5 Å². The molecule has 2 heterocycles. The lowest BCUT2D eigenvalue weighted by molar-refractivity contribution is 0.415. The largest absolute Gasteiger partial charge is 0.497 e. The Labute approximate surface area is 114 Å². The molecule has 1 aromatic carbocycles. The van der Waals surface area contributed by atoms with Crippen molar-refractivity contribution < 1.29 is 4.74 Å². The van der Waals surface area contributed by atoms with E-state index in [9.17, 15) is 5.26 Å². The number of hydrogen-bond donors (Lipinski definition) is 1. The molecule has 0 bridgehead atoms. The minimum absolute atomic E-state index is 0.223. The summed E-state index contributed by atoms with van der Waals surface area (Å²) >= 11 is 0. The summed E-state index contributed by atoms with van der Waals surface area (Å²) in [6.07, 6.45) is 1.34. The van der Waals surface area contributed by atoms with E-state index in [0.29, 0.717) is 11.5 Å². The smallest absolute Gasteiger partial charge is 0.254 e. The molecule has 0 aliphatic heterocycles. The Balaban J connectivity index is 2.26. The first kappa shape index (κ1) is 11.9. The summed E-state index contributed by atoms with van der Waals surface area (Å²) in [5.74, 6) is 1.30. The van der Waals surface area contributed by atoms with E-state index >= 15 is 0 Å². The fourth-order valence-electron chi connectivity index (χ4n) is 1.93. The highest BCUT2D eigenvalue weighted by atomic mass is 16.5. The molecule has 0 fully saturated rings. The molecule has 2 N–H and O–H groups in total. The average molecular weight is 266 g/mol. The van der Waals surface area contributed by atoms with Gasteiger partial charge in [0.15, 0.2) is 0 Å². The number of nitrogen functional groups attached to an aromatic ring is 1. The molecule has 20 heavy (non-hydrogen) atoms. The highest BCUT2D eigenvalue weighted by Gasteiger charge is 2.15. The summed E-state index contributed by atoms with van der Waals surface area (Å²) < 4.78 is 6.45. The van der Waals surface area contributed by atoms with Gasteiger partial charge in [0.2, 0.25) is 0 Å². The van der Waals surface area contributed by atoms with Gasteiger partial charge in [0.05, 0.1) is 12.8 Å². The molecule has 2 aromatic heterocycles. The normalized spacial score (nSPS) is 10.4. The van der Waals surface area contributed by atoms with Gasteiger partial charge >= 0.3 is 0 Å². The zero-order valence-corrected chi connectivity index (χ0v) is 10.6. The van der Waals surface area contributed by atoms with Gasteiger partial charge in [-0.05, 0) is 24.3 Å². The lowest BCUT2D eigenvalue weighted by Crippen LogP contribution is -2.06. The molecule has 0 saturated heterocycles. The zero-order valence-electron chi connectivity index (χ0n) is 10.6. The number of nitrogens with zero attached hydrogens (tertiary/aromatic N) is 5. The topological polar surface area (TPSA) is 102 Å². The summed E-state index contributed by atoms with van der Waals surface area (Å²) in [7, 11) is 1.59. The molecule has 0 unspecified atom stereocenters. The van der Waals surface area contributed by atoms with Crippen LogP contribution in [0.25, 0.3) is 17.0 Å². The molecule has 0 amide bonds. The molecule has 0 radical (unpaired) electrons. The number of hydrogen-bond acceptors (Lipinski definition) is 6. The highest BCUT2D eigenvalue weighted by molar-refractivity contribution is 5.74. The molecule has 3 rings (SSSR count). The molecule has 7 nitrogen and oxygen atoms in total. The van der Waals surface area contributed by atoms with Crippen LogP contribution in [0.15, 0.2) is 30.6 Å². The van der Waals surface area contributed by atoms with Crippen LogP contribution in [-0.4, -0.2) is 26.7 Å². The van der Waals surface area contributed by atoms with Gasteiger partial charge in [0.25, 0.3) is 5.78 Å². The van der Waals surface area contributed by atoms with E-state index in [1.165, 1.54) is 10.8 Å². The van der Waals surface area contributed by atoms with Crippen molar-refractivity contribution in [1.29, 1.82) is 5.26 Å². The number of methoxy groups -OCH3 is 1. The Morgan fingerprint density at radius 2 is 2.05 bits per heavy atom. The van der Waals surface area contributed by atoms with Crippen LogP contribution in [0.2, 0.25) is 0 Å². The molecular weight excluding hydrogens is 256 g/mol. The maximum absolute atomic E-state index is 9.30. The van der Waals surface area contributed by atoms with Crippen molar-refractivity contribution in [2.24, 2.45) is 0 Å². The molecule has 98 valence electrons. The van der Waals surface area contributed by atoms with Crippen LogP contribution >= 0.6 is 0 Å². The Morgan fingerprint density at radius 1 is 1.30 bits per heavy atom. The third-order valence-corrected chi connectivity index (χ3v) is 2.94. The number of anilines is 1. The second-order valence-electron chi connectivity index (χ2n) is 4.03. The minimum Gasteiger partial charge on any atom is -0.497 e.